The predicted molar refractivity (Wildman–Crippen MR) is 82.6 cm³/mol. The van der Waals surface area contributed by atoms with Crippen molar-refractivity contribution in [1.82, 2.24) is 4.90 Å². The summed E-state index contributed by atoms with van der Waals surface area (Å²) in [4.78, 5) is 14.4. The monoisotopic (exact) mass is 335 g/mol. The molecule has 1 amide bonds. The maximum absolute atomic E-state index is 12.5. The summed E-state index contributed by atoms with van der Waals surface area (Å²) in [7, 11) is 0. The molecule has 0 aliphatic heterocycles. The summed E-state index contributed by atoms with van der Waals surface area (Å²) in [5.74, 6) is 0.317. The van der Waals surface area contributed by atoms with Crippen molar-refractivity contribution in [2.24, 2.45) is 0 Å². The van der Waals surface area contributed by atoms with Gasteiger partial charge in [-0.3, -0.25) is 4.79 Å². The molecule has 2 aromatic rings. The molecule has 2 rings (SSSR count). The minimum absolute atomic E-state index is 0.0110. The summed E-state index contributed by atoms with van der Waals surface area (Å²) in [6.07, 6.45) is 2.43. The van der Waals surface area contributed by atoms with Crippen molar-refractivity contribution in [2.45, 2.75) is 26.3 Å². The molecule has 106 valence electrons. The van der Waals surface area contributed by atoms with Gasteiger partial charge in [0, 0.05) is 11.0 Å². The Morgan fingerprint density at radius 2 is 2.05 bits per heavy atom. The van der Waals surface area contributed by atoms with E-state index in [4.69, 9.17) is 4.42 Å². The fourth-order valence-corrected chi connectivity index (χ4v) is 2.85. The third-order valence-electron chi connectivity index (χ3n) is 3.28. The van der Waals surface area contributed by atoms with Crippen LogP contribution >= 0.6 is 15.9 Å². The van der Waals surface area contributed by atoms with Gasteiger partial charge in [-0.2, -0.15) is 0 Å². The van der Waals surface area contributed by atoms with Crippen molar-refractivity contribution < 1.29 is 9.21 Å². The number of nitrogens with zero attached hydrogens (tertiary/aromatic N) is 1. The van der Waals surface area contributed by atoms with Gasteiger partial charge in [0.05, 0.1) is 12.3 Å². The first-order valence-electron chi connectivity index (χ1n) is 6.74. The Balaban J connectivity index is 2.29. The van der Waals surface area contributed by atoms with Crippen LogP contribution in [0.1, 0.15) is 42.4 Å². The van der Waals surface area contributed by atoms with Crippen molar-refractivity contribution in [1.29, 1.82) is 0 Å². The second-order valence-electron chi connectivity index (χ2n) is 4.67. The minimum atomic E-state index is -0.0693. The van der Waals surface area contributed by atoms with Crippen LogP contribution in [0.4, 0.5) is 0 Å². The van der Waals surface area contributed by atoms with Crippen LogP contribution in [0.15, 0.2) is 51.6 Å². The van der Waals surface area contributed by atoms with E-state index in [-0.39, 0.29) is 11.9 Å². The van der Waals surface area contributed by atoms with Crippen LogP contribution in [0.5, 0.6) is 0 Å². The number of hydrogen-bond donors (Lipinski definition) is 0. The zero-order valence-electron chi connectivity index (χ0n) is 11.7. The number of amides is 1. The van der Waals surface area contributed by atoms with Crippen molar-refractivity contribution in [3.63, 3.8) is 0 Å². The molecule has 0 spiro atoms. The molecule has 0 radical (unpaired) electrons. The number of halogens is 1. The van der Waals surface area contributed by atoms with E-state index in [1.54, 1.807) is 12.1 Å². The molecule has 1 unspecified atom stereocenters. The van der Waals surface area contributed by atoms with E-state index in [2.05, 4.69) is 22.9 Å². The summed E-state index contributed by atoms with van der Waals surface area (Å²) in [5, 5.41) is 0. The smallest absolute Gasteiger partial charge is 0.290 e. The molecule has 1 aromatic heterocycles. The van der Waals surface area contributed by atoms with Gasteiger partial charge < -0.3 is 9.32 Å². The van der Waals surface area contributed by atoms with Gasteiger partial charge in [-0.1, -0.05) is 41.1 Å². The number of furan rings is 1. The Bertz CT molecular complexity index is 566. The lowest BCUT2D eigenvalue weighted by molar-refractivity contribution is 0.0657. The van der Waals surface area contributed by atoms with Gasteiger partial charge in [-0.25, -0.2) is 0 Å². The van der Waals surface area contributed by atoms with Crippen LogP contribution < -0.4 is 0 Å². The number of rotatable bonds is 5. The first kappa shape index (κ1) is 14.9. The molecule has 0 saturated carbocycles. The number of carbonyl (C=O) groups is 1. The molecule has 1 atom stereocenters. The Morgan fingerprint density at radius 3 is 2.65 bits per heavy atom. The van der Waals surface area contributed by atoms with Crippen LogP contribution in [-0.4, -0.2) is 17.4 Å². The molecule has 1 heterocycles. The fraction of sp³-hybridized carbons (Fsp3) is 0.312. The lowest BCUT2D eigenvalue weighted by Crippen LogP contribution is -2.34. The van der Waals surface area contributed by atoms with Gasteiger partial charge >= 0.3 is 0 Å². The normalized spacial score (nSPS) is 12.2. The first-order valence-corrected chi connectivity index (χ1v) is 7.53. The summed E-state index contributed by atoms with van der Waals surface area (Å²) >= 11 is 3.55. The molecule has 0 aliphatic rings. The van der Waals surface area contributed by atoms with Crippen molar-refractivity contribution in [3.8, 4) is 0 Å². The Labute approximate surface area is 127 Å². The average molecular weight is 336 g/mol. The molecule has 3 nitrogen and oxygen atoms in total. The highest BCUT2D eigenvalue weighted by Crippen LogP contribution is 2.28. The van der Waals surface area contributed by atoms with E-state index >= 15 is 0 Å². The van der Waals surface area contributed by atoms with Gasteiger partial charge in [0.15, 0.2) is 5.76 Å². The van der Waals surface area contributed by atoms with Gasteiger partial charge in [0.25, 0.3) is 5.91 Å². The van der Waals surface area contributed by atoms with Gasteiger partial charge in [0.1, 0.15) is 0 Å². The van der Waals surface area contributed by atoms with Gasteiger partial charge in [0.2, 0.25) is 0 Å². The zero-order valence-corrected chi connectivity index (χ0v) is 13.3. The molecule has 1 aromatic carbocycles. The highest BCUT2D eigenvalue weighted by atomic mass is 79.9. The maximum atomic E-state index is 12.5. The molecule has 4 heteroatoms. The molecule has 20 heavy (non-hydrogen) atoms. The SMILES string of the molecule is CCCN(C(=O)c1ccco1)C(C)c1ccccc1Br. The van der Waals surface area contributed by atoms with Gasteiger partial charge in [-0.05, 0) is 37.1 Å². The molecule has 0 bridgehead atoms. The Morgan fingerprint density at radius 1 is 1.30 bits per heavy atom. The summed E-state index contributed by atoms with van der Waals surface area (Å²) < 4.78 is 6.25. The maximum Gasteiger partial charge on any atom is 0.290 e. The van der Waals surface area contributed by atoms with Crippen molar-refractivity contribution in [3.05, 3.63) is 58.5 Å². The predicted octanol–water partition coefficient (Wildman–Crippen LogP) is 4.66. The third kappa shape index (κ3) is 3.12. The second-order valence-corrected chi connectivity index (χ2v) is 5.53. The molecule has 0 aliphatic carbocycles. The molecular weight excluding hydrogens is 318 g/mol. The van der Waals surface area contributed by atoms with Gasteiger partial charge in [-0.15, -0.1) is 0 Å². The van der Waals surface area contributed by atoms with Crippen LogP contribution in [0.25, 0.3) is 0 Å². The Kier molecular flexibility index (Phi) is 5.01. The van der Waals surface area contributed by atoms with E-state index in [0.29, 0.717) is 12.3 Å². The minimum Gasteiger partial charge on any atom is -0.459 e. The number of hydrogen-bond acceptors (Lipinski definition) is 2. The quantitative estimate of drug-likeness (QED) is 0.796. The van der Waals surface area contributed by atoms with E-state index in [0.717, 1.165) is 16.5 Å². The van der Waals surface area contributed by atoms with Crippen LogP contribution in [0, 0.1) is 0 Å². The molecule has 0 saturated heterocycles. The van der Waals surface area contributed by atoms with Crippen molar-refractivity contribution >= 4 is 21.8 Å². The first-order chi connectivity index (χ1) is 9.65. The fourth-order valence-electron chi connectivity index (χ4n) is 2.24. The lowest BCUT2D eigenvalue weighted by atomic mass is 10.1. The molecular formula is C16H18BrNO2. The topological polar surface area (TPSA) is 33.5 Å². The standard InChI is InChI=1S/C16H18BrNO2/c1-3-10-18(16(19)15-9-6-11-20-15)12(2)13-7-4-5-8-14(13)17/h4-9,11-12H,3,10H2,1-2H3. The van der Waals surface area contributed by atoms with Crippen molar-refractivity contribution in [2.75, 3.05) is 6.54 Å². The zero-order chi connectivity index (χ0) is 14.5. The van der Waals surface area contributed by atoms with E-state index < -0.39 is 0 Å². The highest BCUT2D eigenvalue weighted by Gasteiger charge is 2.24. The van der Waals surface area contributed by atoms with E-state index in [1.807, 2.05) is 36.1 Å². The highest BCUT2D eigenvalue weighted by molar-refractivity contribution is 9.10. The molecule has 0 fully saturated rings. The van der Waals surface area contributed by atoms with E-state index in [1.165, 1.54) is 6.26 Å². The summed E-state index contributed by atoms with van der Waals surface area (Å²) in [5.41, 5.74) is 1.10. The number of carbonyl (C=O) groups excluding carboxylic acids is 1. The van der Waals surface area contributed by atoms with Crippen LogP contribution in [0.3, 0.4) is 0 Å². The lowest BCUT2D eigenvalue weighted by Gasteiger charge is -2.29. The summed E-state index contributed by atoms with van der Waals surface area (Å²) in [6.45, 7) is 4.80. The number of benzene rings is 1. The van der Waals surface area contributed by atoms with E-state index in [9.17, 15) is 4.79 Å². The summed E-state index contributed by atoms with van der Waals surface area (Å²) in [6, 6.07) is 11.4. The third-order valence-corrected chi connectivity index (χ3v) is 4.00. The largest absolute Gasteiger partial charge is 0.459 e. The average Bonchev–Trinajstić information content (AvgIpc) is 2.98. The van der Waals surface area contributed by atoms with Crippen LogP contribution in [-0.2, 0) is 0 Å². The molecule has 0 N–H and O–H groups in total. The second kappa shape index (κ2) is 6.75. The Hall–Kier alpha value is -1.55. The van der Waals surface area contributed by atoms with Crippen LogP contribution in [0.2, 0.25) is 0 Å².